The van der Waals surface area contributed by atoms with Crippen molar-refractivity contribution in [1.29, 1.82) is 0 Å². The van der Waals surface area contributed by atoms with Gasteiger partial charge in [-0.1, -0.05) is 23.6 Å². The van der Waals surface area contributed by atoms with Gasteiger partial charge in [-0.25, -0.2) is 0 Å². The molecule has 0 unspecified atom stereocenters. The van der Waals surface area contributed by atoms with Gasteiger partial charge in [-0.05, 0) is 11.6 Å². The second kappa shape index (κ2) is 6.26. The van der Waals surface area contributed by atoms with E-state index in [-0.39, 0.29) is 0 Å². The fourth-order valence-corrected chi connectivity index (χ4v) is 1.64. The van der Waals surface area contributed by atoms with Gasteiger partial charge in [0.1, 0.15) is 0 Å². The van der Waals surface area contributed by atoms with E-state index in [2.05, 4.69) is 11.2 Å². The SMILES string of the molecule is C#CCNCc1ccc(OC)c(OC)c1Cl. The highest BCUT2D eigenvalue weighted by atomic mass is 35.5. The Morgan fingerprint density at radius 1 is 1.38 bits per heavy atom. The molecule has 16 heavy (non-hydrogen) atoms. The van der Waals surface area contributed by atoms with Crippen molar-refractivity contribution in [3.63, 3.8) is 0 Å². The highest BCUT2D eigenvalue weighted by Gasteiger charge is 2.12. The summed E-state index contributed by atoms with van der Waals surface area (Å²) in [7, 11) is 3.13. The normalized spacial score (nSPS) is 9.62. The monoisotopic (exact) mass is 239 g/mol. The number of hydrogen-bond donors (Lipinski definition) is 1. The van der Waals surface area contributed by atoms with Gasteiger partial charge in [0.25, 0.3) is 0 Å². The Morgan fingerprint density at radius 2 is 2.12 bits per heavy atom. The molecular formula is C12H14ClNO2. The molecule has 3 nitrogen and oxygen atoms in total. The van der Waals surface area contributed by atoms with E-state index in [1.807, 2.05) is 12.1 Å². The van der Waals surface area contributed by atoms with Crippen LogP contribution >= 0.6 is 11.6 Å². The summed E-state index contributed by atoms with van der Waals surface area (Å²) in [5.41, 5.74) is 0.926. The largest absolute Gasteiger partial charge is 0.493 e. The van der Waals surface area contributed by atoms with Crippen LogP contribution in [0.25, 0.3) is 0 Å². The average Bonchev–Trinajstić information content (AvgIpc) is 2.31. The van der Waals surface area contributed by atoms with Crippen molar-refractivity contribution in [1.82, 2.24) is 5.32 Å². The molecule has 0 atom stereocenters. The number of rotatable bonds is 5. The fraction of sp³-hybridized carbons (Fsp3) is 0.333. The average molecular weight is 240 g/mol. The number of benzene rings is 1. The maximum Gasteiger partial charge on any atom is 0.179 e. The predicted molar refractivity (Wildman–Crippen MR) is 65.1 cm³/mol. The first-order chi connectivity index (χ1) is 7.74. The third-order valence-corrected chi connectivity index (χ3v) is 2.52. The van der Waals surface area contributed by atoms with Crippen molar-refractivity contribution in [2.45, 2.75) is 6.54 Å². The topological polar surface area (TPSA) is 30.5 Å². The van der Waals surface area contributed by atoms with Gasteiger partial charge in [0.2, 0.25) is 0 Å². The van der Waals surface area contributed by atoms with E-state index in [4.69, 9.17) is 27.5 Å². The lowest BCUT2D eigenvalue weighted by Crippen LogP contribution is -2.13. The maximum atomic E-state index is 6.18. The van der Waals surface area contributed by atoms with Crippen LogP contribution in [0.3, 0.4) is 0 Å². The maximum absolute atomic E-state index is 6.18. The Morgan fingerprint density at radius 3 is 2.69 bits per heavy atom. The van der Waals surface area contributed by atoms with Crippen molar-refractivity contribution in [2.75, 3.05) is 20.8 Å². The van der Waals surface area contributed by atoms with Gasteiger partial charge in [0.15, 0.2) is 11.5 Å². The summed E-state index contributed by atoms with van der Waals surface area (Å²) in [4.78, 5) is 0. The molecule has 1 N–H and O–H groups in total. The molecule has 0 aliphatic heterocycles. The summed E-state index contributed by atoms with van der Waals surface area (Å²) in [5.74, 6) is 3.66. The van der Waals surface area contributed by atoms with Gasteiger partial charge in [0.05, 0.1) is 25.8 Å². The number of ether oxygens (including phenoxy) is 2. The summed E-state index contributed by atoms with van der Waals surface area (Å²) >= 11 is 6.18. The molecule has 0 bridgehead atoms. The molecule has 86 valence electrons. The summed E-state index contributed by atoms with van der Waals surface area (Å²) in [5, 5.41) is 3.61. The van der Waals surface area contributed by atoms with Crippen molar-refractivity contribution in [3.8, 4) is 23.8 Å². The Hall–Kier alpha value is -1.37. The molecule has 1 aromatic carbocycles. The second-order valence-electron chi connectivity index (χ2n) is 3.08. The van der Waals surface area contributed by atoms with Gasteiger partial charge < -0.3 is 14.8 Å². The van der Waals surface area contributed by atoms with E-state index in [1.54, 1.807) is 14.2 Å². The van der Waals surface area contributed by atoms with E-state index in [0.717, 1.165) is 5.56 Å². The lowest BCUT2D eigenvalue weighted by Gasteiger charge is -2.12. The quantitative estimate of drug-likeness (QED) is 0.631. The molecular weight excluding hydrogens is 226 g/mol. The van der Waals surface area contributed by atoms with Crippen LogP contribution in [-0.4, -0.2) is 20.8 Å². The van der Waals surface area contributed by atoms with Crippen LogP contribution in [0.15, 0.2) is 12.1 Å². The zero-order valence-electron chi connectivity index (χ0n) is 9.34. The van der Waals surface area contributed by atoms with Crippen LogP contribution in [0.1, 0.15) is 5.56 Å². The molecule has 0 fully saturated rings. The van der Waals surface area contributed by atoms with E-state index in [0.29, 0.717) is 29.6 Å². The summed E-state index contributed by atoms with van der Waals surface area (Å²) in [6, 6.07) is 3.70. The fourth-order valence-electron chi connectivity index (χ4n) is 1.34. The number of methoxy groups -OCH3 is 2. The zero-order valence-corrected chi connectivity index (χ0v) is 10.1. The number of nitrogens with one attached hydrogen (secondary N) is 1. The Kier molecular flexibility index (Phi) is 4.97. The van der Waals surface area contributed by atoms with Crippen molar-refractivity contribution in [2.24, 2.45) is 0 Å². The van der Waals surface area contributed by atoms with Crippen LogP contribution in [0, 0.1) is 12.3 Å². The van der Waals surface area contributed by atoms with Gasteiger partial charge >= 0.3 is 0 Å². The minimum absolute atomic E-state index is 0.505. The summed E-state index contributed by atoms with van der Waals surface area (Å²) < 4.78 is 10.3. The smallest absolute Gasteiger partial charge is 0.179 e. The molecule has 0 saturated carbocycles. The molecule has 0 amide bonds. The predicted octanol–water partition coefficient (Wildman–Crippen LogP) is 2.08. The van der Waals surface area contributed by atoms with Gasteiger partial charge in [0, 0.05) is 6.54 Å². The highest BCUT2D eigenvalue weighted by Crippen LogP contribution is 2.37. The molecule has 0 heterocycles. The summed E-state index contributed by atoms with van der Waals surface area (Å²) in [6.07, 6.45) is 5.14. The molecule has 0 saturated heterocycles. The minimum atomic E-state index is 0.505. The van der Waals surface area contributed by atoms with Gasteiger partial charge in [-0.15, -0.1) is 6.42 Å². The van der Waals surface area contributed by atoms with Crippen molar-refractivity contribution in [3.05, 3.63) is 22.7 Å². The van der Waals surface area contributed by atoms with Crippen LogP contribution in [0.2, 0.25) is 5.02 Å². The third-order valence-electron chi connectivity index (χ3n) is 2.11. The van der Waals surface area contributed by atoms with E-state index >= 15 is 0 Å². The first-order valence-corrected chi connectivity index (χ1v) is 5.16. The molecule has 0 radical (unpaired) electrons. The van der Waals surface area contributed by atoms with E-state index < -0.39 is 0 Å². The third kappa shape index (κ3) is 2.82. The first kappa shape index (κ1) is 12.7. The molecule has 0 spiro atoms. The number of halogens is 1. The van der Waals surface area contributed by atoms with Crippen molar-refractivity contribution >= 4 is 11.6 Å². The first-order valence-electron chi connectivity index (χ1n) is 4.78. The second-order valence-corrected chi connectivity index (χ2v) is 3.46. The Balaban J connectivity index is 2.91. The molecule has 1 rings (SSSR count). The van der Waals surface area contributed by atoms with Crippen LogP contribution < -0.4 is 14.8 Å². The van der Waals surface area contributed by atoms with Crippen molar-refractivity contribution < 1.29 is 9.47 Å². The standard InChI is InChI=1S/C12H14ClNO2/c1-4-7-14-8-9-5-6-10(15-2)12(16-3)11(9)13/h1,5-6,14H,7-8H2,2-3H3. The number of hydrogen-bond acceptors (Lipinski definition) is 3. The lowest BCUT2D eigenvalue weighted by molar-refractivity contribution is 0.354. The lowest BCUT2D eigenvalue weighted by atomic mass is 10.2. The molecule has 0 aromatic heterocycles. The summed E-state index contributed by atoms with van der Waals surface area (Å²) in [6.45, 7) is 1.11. The number of terminal acetylenes is 1. The van der Waals surface area contributed by atoms with Crippen LogP contribution in [0.4, 0.5) is 0 Å². The Bertz CT molecular complexity index is 399. The molecule has 0 aliphatic rings. The zero-order chi connectivity index (χ0) is 12.0. The van der Waals surface area contributed by atoms with Gasteiger partial charge in [-0.3, -0.25) is 0 Å². The minimum Gasteiger partial charge on any atom is -0.493 e. The van der Waals surface area contributed by atoms with Crippen LogP contribution in [0.5, 0.6) is 11.5 Å². The van der Waals surface area contributed by atoms with E-state index in [1.165, 1.54) is 0 Å². The molecule has 1 aromatic rings. The van der Waals surface area contributed by atoms with E-state index in [9.17, 15) is 0 Å². The molecule has 0 aliphatic carbocycles. The van der Waals surface area contributed by atoms with Crippen LogP contribution in [-0.2, 0) is 6.54 Å². The Labute approximate surface area is 101 Å². The van der Waals surface area contributed by atoms with Gasteiger partial charge in [-0.2, -0.15) is 0 Å². The highest BCUT2D eigenvalue weighted by molar-refractivity contribution is 6.33. The molecule has 4 heteroatoms.